The molecule has 0 saturated heterocycles. The van der Waals surface area contributed by atoms with Crippen LogP contribution in [-0.2, 0) is 5.41 Å². The van der Waals surface area contributed by atoms with E-state index in [2.05, 4.69) is 4.74 Å². The molecule has 0 bridgehead atoms. The second-order valence-electron chi connectivity index (χ2n) is 5.83. The Morgan fingerprint density at radius 1 is 1.19 bits per heavy atom. The lowest BCUT2D eigenvalue weighted by atomic mass is 9.86. The van der Waals surface area contributed by atoms with Crippen molar-refractivity contribution >= 4 is 0 Å². The summed E-state index contributed by atoms with van der Waals surface area (Å²) in [5, 5.41) is 9.53. The van der Waals surface area contributed by atoms with E-state index in [1.54, 1.807) is 13.0 Å². The molecule has 0 saturated carbocycles. The molecule has 0 radical (unpaired) electrons. The zero-order valence-corrected chi connectivity index (χ0v) is 12.6. The van der Waals surface area contributed by atoms with Gasteiger partial charge in [0, 0.05) is 6.07 Å². The number of aliphatic hydroxyl groups is 1. The fourth-order valence-corrected chi connectivity index (χ4v) is 1.74. The average molecular weight is 306 g/mol. The number of benzene rings is 1. The van der Waals surface area contributed by atoms with Crippen LogP contribution in [0.4, 0.5) is 13.2 Å². The molecule has 1 atom stereocenters. The van der Waals surface area contributed by atoms with Crippen molar-refractivity contribution in [2.75, 3.05) is 6.61 Å². The van der Waals surface area contributed by atoms with Gasteiger partial charge in [0.05, 0.1) is 6.10 Å². The van der Waals surface area contributed by atoms with Gasteiger partial charge in [-0.1, -0.05) is 33.8 Å². The van der Waals surface area contributed by atoms with Gasteiger partial charge in [0.25, 0.3) is 0 Å². The molecule has 0 heterocycles. The summed E-state index contributed by atoms with van der Waals surface area (Å²) in [4.78, 5) is 0. The minimum Gasteiger partial charge on any atom is -0.490 e. The predicted octanol–water partition coefficient (Wildman–Crippen LogP) is 4.03. The first kappa shape index (κ1) is 17.6. The van der Waals surface area contributed by atoms with Gasteiger partial charge in [-0.2, -0.15) is 0 Å². The smallest absolute Gasteiger partial charge is 0.490 e. The third-order valence-electron chi connectivity index (χ3n) is 2.90. The van der Waals surface area contributed by atoms with Crippen LogP contribution in [0.25, 0.3) is 0 Å². The Bertz CT molecular complexity index is 464. The molecule has 21 heavy (non-hydrogen) atoms. The van der Waals surface area contributed by atoms with E-state index in [9.17, 15) is 18.3 Å². The van der Waals surface area contributed by atoms with Crippen LogP contribution >= 0.6 is 0 Å². The fourth-order valence-electron chi connectivity index (χ4n) is 1.74. The van der Waals surface area contributed by atoms with E-state index < -0.39 is 12.5 Å². The summed E-state index contributed by atoms with van der Waals surface area (Å²) < 4.78 is 46.2. The first-order valence-electron chi connectivity index (χ1n) is 6.74. The molecule has 1 aromatic rings. The van der Waals surface area contributed by atoms with Crippen LogP contribution in [0.1, 0.15) is 39.7 Å². The molecule has 0 fully saturated rings. The maximum Gasteiger partial charge on any atom is 0.573 e. The standard InChI is InChI=1S/C15H21F3O3/c1-5-10(19)9-20-13-8-11(21-15(16,17)18)6-7-12(13)14(2,3)4/h6-8,10,19H,5,9H2,1-4H3. The van der Waals surface area contributed by atoms with Crippen molar-refractivity contribution in [1.82, 2.24) is 0 Å². The topological polar surface area (TPSA) is 38.7 Å². The third-order valence-corrected chi connectivity index (χ3v) is 2.90. The van der Waals surface area contributed by atoms with E-state index in [1.807, 2.05) is 20.8 Å². The molecule has 0 aliphatic carbocycles. The van der Waals surface area contributed by atoms with E-state index in [1.165, 1.54) is 12.1 Å². The molecule has 1 unspecified atom stereocenters. The summed E-state index contributed by atoms with van der Waals surface area (Å²) in [6.07, 6.45) is -4.91. The maximum absolute atomic E-state index is 12.3. The Balaban J connectivity index is 3.05. The van der Waals surface area contributed by atoms with Crippen LogP contribution in [0.15, 0.2) is 18.2 Å². The van der Waals surface area contributed by atoms with E-state index in [0.29, 0.717) is 6.42 Å². The Morgan fingerprint density at radius 2 is 1.81 bits per heavy atom. The lowest BCUT2D eigenvalue weighted by Gasteiger charge is -2.24. The van der Waals surface area contributed by atoms with Gasteiger partial charge in [0.1, 0.15) is 18.1 Å². The summed E-state index contributed by atoms with van der Waals surface area (Å²) in [5.41, 5.74) is 0.448. The second-order valence-corrected chi connectivity index (χ2v) is 5.83. The predicted molar refractivity (Wildman–Crippen MR) is 73.6 cm³/mol. The van der Waals surface area contributed by atoms with Crippen LogP contribution in [-0.4, -0.2) is 24.2 Å². The molecule has 0 aliphatic rings. The molecular weight excluding hydrogens is 285 g/mol. The third kappa shape index (κ3) is 5.83. The lowest BCUT2D eigenvalue weighted by molar-refractivity contribution is -0.274. The normalized spacial score (nSPS) is 13.9. The molecule has 0 aliphatic heterocycles. The van der Waals surface area contributed by atoms with Crippen LogP contribution in [0.3, 0.4) is 0 Å². The molecular formula is C15H21F3O3. The number of hydrogen-bond acceptors (Lipinski definition) is 3. The minimum atomic E-state index is -4.75. The monoisotopic (exact) mass is 306 g/mol. The van der Waals surface area contributed by atoms with Gasteiger partial charge in [0.2, 0.25) is 0 Å². The number of alkyl halides is 3. The molecule has 1 rings (SSSR count). The van der Waals surface area contributed by atoms with E-state index in [-0.39, 0.29) is 23.5 Å². The van der Waals surface area contributed by atoms with Crippen molar-refractivity contribution in [3.63, 3.8) is 0 Å². The Hall–Kier alpha value is -1.43. The van der Waals surface area contributed by atoms with Gasteiger partial charge in [-0.25, -0.2) is 0 Å². The number of ether oxygens (including phenoxy) is 2. The quantitative estimate of drug-likeness (QED) is 0.892. The fraction of sp³-hybridized carbons (Fsp3) is 0.600. The maximum atomic E-state index is 12.3. The highest BCUT2D eigenvalue weighted by molar-refractivity contribution is 5.44. The highest BCUT2D eigenvalue weighted by atomic mass is 19.4. The second kappa shape index (κ2) is 6.56. The number of hydrogen-bond donors (Lipinski definition) is 1. The first-order valence-corrected chi connectivity index (χ1v) is 6.74. The summed E-state index contributed by atoms with van der Waals surface area (Å²) in [7, 11) is 0. The van der Waals surface area contributed by atoms with Crippen LogP contribution in [0.5, 0.6) is 11.5 Å². The van der Waals surface area contributed by atoms with Crippen LogP contribution < -0.4 is 9.47 Å². The molecule has 3 nitrogen and oxygen atoms in total. The largest absolute Gasteiger partial charge is 0.573 e. The van der Waals surface area contributed by atoms with Gasteiger partial charge in [-0.15, -0.1) is 13.2 Å². The van der Waals surface area contributed by atoms with Gasteiger partial charge in [-0.05, 0) is 23.5 Å². The summed E-state index contributed by atoms with van der Waals surface area (Å²) in [5.74, 6) is -0.0479. The zero-order valence-electron chi connectivity index (χ0n) is 12.6. The van der Waals surface area contributed by atoms with E-state index in [4.69, 9.17) is 4.74 Å². The zero-order chi connectivity index (χ0) is 16.3. The Labute approximate surface area is 122 Å². The lowest BCUT2D eigenvalue weighted by Crippen LogP contribution is -2.20. The van der Waals surface area contributed by atoms with Crippen molar-refractivity contribution in [2.45, 2.75) is 52.0 Å². The van der Waals surface area contributed by atoms with E-state index in [0.717, 1.165) is 5.56 Å². The number of halogens is 3. The Morgan fingerprint density at radius 3 is 2.29 bits per heavy atom. The molecule has 0 spiro atoms. The van der Waals surface area contributed by atoms with Crippen molar-refractivity contribution in [3.8, 4) is 11.5 Å². The van der Waals surface area contributed by atoms with Gasteiger partial charge in [0.15, 0.2) is 0 Å². The number of aliphatic hydroxyl groups excluding tert-OH is 1. The van der Waals surface area contributed by atoms with Crippen LogP contribution in [0, 0.1) is 0 Å². The Kier molecular flexibility index (Phi) is 5.50. The SMILES string of the molecule is CCC(O)COc1cc(OC(F)(F)F)ccc1C(C)(C)C. The van der Waals surface area contributed by atoms with Crippen LogP contribution in [0.2, 0.25) is 0 Å². The molecule has 1 N–H and O–H groups in total. The molecule has 120 valence electrons. The van der Waals surface area contributed by atoms with Gasteiger partial charge < -0.3 is 14.6 Å². The highest BCUT2D eigenvalue weighted by Gasteiger charge is 2.32. The molecule has 1 aromatic carbocycles. The number of rotatable bonds is 5. The molecule has 0 amide bonds. The van der Waals surface area contributed by atoms with Crippen molar-refractivity contribution in [1.29, 1.82) is 0 Å². The first-order chi connectivity index (χ1) is 9.53. The molecule has 6 heteroatoms. The average Bonchev–Trinajstić information content (AvgIpc) is 2.32. The van der Waals surface area contributed by atoms with Gasteiger partial charge in [-0.3, -0.25) is 0 Å². The summed E-state index contributed by atoms with van der Waals surface area (Å²) >= 11 is 0. The van der Waals surface area contributed by atoms with Crippen molar-refractivity contribution in [3.05, 3.63) is 23.8 Å². The highest BCUT2D eigenvalue weighted by Crippen LogP contribution is 2.35. The van der Waals surface area contributed by atoms with E-state index >= 15 is 0 Å². The van der Waals surface area contributed by atoms with Crippen molar-refractivity contribution in [2.24, 2.45) is 0 Å². The summed E-state index contributed by atoms with van der Waals surface area (Å²) in [6.45, 7) is 7.60. The van der Waals surface area contributed by atoms with Crippen molar-refractivity contribution < 1.29 is 27.8 Å². The molecule has 0 aromatic heterocycles. The minimum absolute atomic E-state index is 0.0229. The summed E-state index contributed by atoms with van der Waals surface area (Å²) in [6, 6.07) is 4.02. The van der Waals surface area contributed by atoms with Gasteiger partial charge >= 0.3 is 6.36 Å².